The lowest BCUT2D eigenvalue weighted by Crippen LogP contribution is -2.16. The highest BCUT2D eigenvalue weighted by molar-refractivity contribution is 7.09. The van der Waals surface area contributed by atoms with Crippen molar-refractivity contribution in [3.8, 4) is 0 Å². The molecular weight excluding hydrogens is 230 g/mol. The predicted octanol–water partition coefficient (Wildman–Crippen LogP) is 3.17. The first-order chi connectivity index (χ1) is 7.11. The van der Waals surface area contributed by atoms with Gasteiger partial charge in [-0.15, -0.1) is 11.6 Å². The molecule has 1 atom stereocenters. The van der Waals surface area contributed by atoms with E-state index < -0.39 is 0 Å². The highest BCUT2D eigenvalue weighted by Crippen LogP contribution is 2.14. The van der Waals surface area contributed by atoms with E-state index in [0.717, 1.165) is 30.3 Å². The van der Waals surface area contributed by atoms with Gasteiger partial charge in [-0.1, -0.05) is 20.8 Å². The quantitative estimate of drug-likeness (QED) is 0.785. The van der Waals surface area contributed by atoms with Crippen molar-refractivity contribution in [3.05, 3.63) is 5.82 Å². The summed E-state index contributed by atoms with van der Waals surface area (Å²) in [4.78, 5) is 4.32. The Balaban J connectivity index is 2.30. The SMILES string of the molecule is CCc1nsc(NCC(Cl)CC(C)C)n1. The van der Waals surface area contributed by atoms with Gasteiger partial charge in [-0.25, -0.2) is 4.98 Å². The van der Waals surface area contributed by atoms with Crippen LogP contribution in [0.3, 0.4) is 0 Å². The molecule has 15 heavy (non-hydrogen) atoms. The normalized spacial score (nSPS) is 13.1. The van der Waals surface area contributed by atoms with Crippen LogP contribution in [0.2, 0.25) is 0 Å². The second-order valence-electron chi connectivity index (χ2n) is 3.98. The van der Waals surface area contributed by atoms with E-state index in [9.17, 15) is 0 Å². The topological polar surface area (TPSA) is 37.8 Å². The van der Waals surface area contributed by atoms with Crippen LogP contribution in [0.15, 0.2) is 0 Å². The molecule has 0 aliphatic rings. The van der Waals surface area contributed by atoms with Gasteiger partial charge in [0.2, 0.25) is 5.13 Å². The van der Waals surface area contributed by atoms with E-state index in [1.807, 2.05) is 0 Å². The summed E-state index contributed by atoms with van der Waals surface area (Å²) in [5.74, 6) is 1.53. The van der Waals surface area contributed by atoms with E-state index in [1.165, 1.54) is 11.5 Å². The number of halogens is 1. The number of nitrogens with one attached hydrogen (secondary N) is 1. The summed E-state index contributed by atoms with van der Waals surface area (Å²) < 4.78 is 4.20. The minimum atomic E-state index is 0.166. The molecule has 1 rings (SSSR count). The lowest BCUT2D eigenvalue weighted by atomic mass is 10.1. The van der Waals surface area contributed by atoms with E-state index in [0.29, 0.717) is 5.92 Å². The molecule has 0 spiro atoms. The van der Waals surface area contributed by atoms with E-state index >= 15 is 0 Å². The maximum atomic E-state index is 6.16. The Morgan fingerprint density at radius 1 is 1.47 bits per heavy atom. The molecule has 1 aromatic heterocycles. The summed E-state index contributed by atoms with van der Waals surface area (Å²) in [7, 11) is 0. The Bertz CT molecular complexity index is 288. The third kappa shape index (κ3) is 4.80. The van der Waals surface area contributed by atoms with Crippen molar-refractivity contribution in [1.82, 2.24) is 9.36 Å². The zero-order chi connectivity index (χ0) is 11.3. The van der Waals surface area contributed by atoms with Gasteiger partial charge in [0.25, 0.3) is 0 Å². The zero-order valence-corrected chi connectivity index (χ0v) is 11.0. The number of aryl methyl sites for hydroxylation is 1. The van der Waals surface area contributed by atoms with Gasteiger partial charge in [0.05, 0.1) is 5.38 Å². The molecule has 3 nitrogen and oxygen atoms in total. The van der Waals surface area contributed by atoms with E-state index in [2.05, 4.69) is 35.4 Å². The van der Waals surface area contributed by atoms with Crippen molar-refractivity contribution in [2.45, 2.75) is 39.0 Å². The summed E-state index contributed by atoms with van der Waals surface area (Å²) in [6, 6.07) is 0. The average Bonchev–Trinajstić information content (AvgIpc) is 2.61. The molecule has 0 aliphatic heterocycles. The highest BCUT2D eigenvalue weighted by atomic mass is 35.5. The molecule has 0 fully saturated rings. The van der Waals surface area contributed by atoms with Gasteiger partial charge >= 0.3 is 0 Å². The van der Waals surface area contributed by atoms with Crippen molar-refractivity contribution in [3.63, 3.8) is 0 Å². The summed E-state index contributed by atoms with van der Waals surface area (Å²) in [5.41, 5.74) is 0. The van der Waals surface area contributed by atoms with Gasteiger partial charge in [-0.05, 0) is 12.3 Å². The summed E-state index contributed by atoms with van der Waals surface area (Å²) in [6.45, 7) is 7.16. The van der Waals surface area contributed by atoms with Crippen LogP contribution in [0.1, 0.15) is 33.0 Å². The molecule has 1 heterocycles. The van der Waals surface area contributed by atoms with Crippen molar-refractivity contribution >= 4 is 28.3 Å². The third-order valence-electron chi connectivity index (χ3n) is 1.99. The fraction of sp³-hybridized carbons (Fsp3) is 0.800. The fourth-order valence-corrected chi connectivity index (χ4v) is 2.35. The Morgan fingerprint density at radius 2 is 2.20 bits per heavy atom. The second-order valence-corrected chi connectivity index (χ2v) is 5.35. The van der Waals surface area contributed by atoms with Crippen molar-refractivity contribution in [1.29, 1.82) is 0 Å². The minimum absolute atomic E-state index is 0.166. The van der Waals surface area contributed by atoms with Crippen molar-refractivity contribution in [2.75, 3.05) is 11.9 Å². The minimum Gasteiger partial charge on any atom is -0.359 e. The predicted molar refractivity (Wildman–Crippen MR) is 66.9 cm³/mol. The molecule has 0 saturated carbocycles. The standard InChI is InChI=1S/C10H18ClN3S/c1-4-9-13-10(15-14-9)12-6-8(11)5-7(2)3/h7-8H,4-6H2,1-3H3,(H,12,13,14). The molecule has 0 radical (unpaired) electrons. The lowest BCUT2D eigenvalue weighted by molar-refractivity contribution is 0.572. The smallest absolute Gasteiger partial charge is 0.202 e. The first kappa shape index (κ1) is 12.7. The number of anilines is 1. The highest BCUT2D eigenvalue weighted by Gasteiger charge is 2.08. The van der Waals surface area contributed by atoms with E-state index in [-0.39, 0.29) is 5.38 Å². The van der Waals surface area contributed by atoms with Gasteiger partial charge in [0.15, 0.2) is 0 Å². The van der Waals surface area contributed by atoms with Crippen LogP contribution in [0.25, 0.3) is 0 Å². The molecule has 5 heteroatoms. The molecule has 1 N–H and O–H groups in total. The molecular formula is C10H18ClN3S. The van der Waals surface area contributed by atoms with Crippen LogP contribution in [0.5, 0.6) is 0 Å². The van der Waals surface area contributed by atoms with Crippen LogP contribution in [-0.4, -0.2) is 21.3 Å². The van der Waals surface area contributed by atoms with Crippen molar-refractivity contribution in [2.24, 2.45) is 5.92 Å². The molecule has 1 unspecified atom stereocenters. The van der Waals surface area contributed by atoms with E-state index in [1.54, 1.807) is 0 Å². The fourth-order valence-electron chi connectivity index (χ4n) is 1.26. The molecule has 0 saturated heterocycles. The molecule has 0 aliphatic carbocycles. The number of rotatable bonds is 6. The second kappa shape index (κ2) is 6.28. The first-order valence-corrected chi connectivity index (χ1v) is 6.53. The number of hydrogen-bond acceptors (Lipinski definition) is 4. The van der Waals surface area contributed by atoms with Gasteiger partial charge in [0, 0.05) is 24.5 Å². The number of alkyl halides is 1. The molecule has 0 aromatic carbocycles. The Labute approximate surface area is 100 Å². The maximum absolute atomic E-state index is 6.16. The molecule has 0 amide bonds. The monoisotopic (exact) mass is 247 g/mol. The summed E-state index contributed by atoms with van der Waals surface area (Å²) in [5, 5.41) is 4.26. The largest absolute Gasteiger partial charge is 0.359 e. The number of aromatic nitrogens is 2. The first-order valence-electron chi connectivity index (χ1n) is 5.32. The van der Waals surface area contributed by atoms with Crippen molar-refractivity contribution < 1.29 is 0 Å². The Morgan fingerprint density at radius 3 is 2.73 bits per heavy atom. The van der Waals surface area contributed by atoms with Gasteiger partial charge < -0.3 is 5.32 Å². The lowest BCUT2D eigenvalue weighted by Gasteiger charge is -2.11. The van der Waals surface area contributed by atoms with Crippen LogP contribution in [0, 0.1) is 5.92 Å². The summed E-state index contributed by atoms with van der Waals surface area (Å²) in [6.07, 6.45) is 1.91. The zero-order valence-electron chi connectivity index (χ0n) is 9.46. The van der Waals surface area contributed by atoms with Gasteiger partial charge in [-0.2, -0.15) is 4.37 Å². The maximum Gasteiger partial charge on any atom is 0.202 e. The number of hydrogen-bond donors (Lipinski definition) is 1. The van der Waals surface area contributed by atoms with Crippen LogP contribution >= 0.6 is 23.1 Å². The molecule has 0 bridgehead atoms. The molecule has 86 valence electrons. The van der Waals surface area contributed by atoms with Crippen LogP contribution in [-0.2, 0) is 6.42 Å². The average molecular weight is 248 g/mol. The number of nitrogens with zero attached hydrogens (tertiary/aromatic N) is 2. The van der Waals surface area contributed by atoms with Gasteiger partial charge in [0.1, 0.15) is 5.82 Å². The third-order valence-corrected chi connectivity index (χ3v) is 3.03. The van der Waals surface area contributed by atoms with E-state index in [4.69, 9.17) is 11.6 Å². The Kier molecular flexibility index (Phi) is 5.32. The Hall–Kier alpha value is -0.350. The van der Waals surface area contributed by atoms with Crippen LogP contribution < -0.4 is 5.32 Å². The summed E-state index contributed by atoms with van der Waals surface area (Å²) >= 11 is 7.56. The van der Waals surface area contributed by atoms with Gasteiger partial charge in [-0.3, -0.25) is 0 Å². The van der Waals surface area contributed by atoms with Crippen LogP contribution in [0.4, 0.5) is 5.13 Å². The molecule has 1 aromatic rings.